The summed E-state index contributed by atoms with van der Waals surface area (Å²) >= 11 is 0. The standard InChI is InChI=1S/C15H22F2N2/c1-4-18-9-11-7-13(16)15(14(17)8-11)19(3)10(2)12-5-6-12/h7-8,10,12,18H,4-6,9H2,1-3H3. The van der Waals surface area contributed by atoms with Crippen molar-refractivity contribution in [2.45, 2.75) is 39.3 Å². The second-order valence-electron chi connectivity index (χ2n) is 5.38. The van der Waals surface area contributed by atoms with Crippen molar-refractivity contribution in [3.63, 3.8) is 0 Å². The number of nitrogens with zero attached hydrogens (tertiary/aromatic N) is 1. The first-order valence-electron chi connectivity index (χ1n) is 6.96. The molecule has 0 aliphatic heterocycles. The maximum atomic E-state index is 14.1. The second kappa shape index (κ2) is 5.87. The summed E-state index contributed by atoms with van der Waals surface area (Å²) in [7, 11) is 1.77. The predicted octanol–water partition coefficient (Wildman–Crippen LogP) is 3.31. The van der Waals surface area contributed by atoms with Crippen LogP contribution < -0.4 is 10.2 Å². The van der Waals surface area contributed by atoms with Crippen LogP contribution in [0, 0.1) is 17.6 Å². The van der Waals surface area contributed by atoms with Crippen molar-refractivity contribution in [1.29, 1.82) is 0 Å². The van der Waals surface area contributed by atoms with Gasteiger partial charge in [0, 0.05) is 19.6 Å². The third kappa shape index (κ3) is 3.24. The highest BCUT2D eigenvalue weighted by molar-refractivity contribution is 5.51. The Kier molecular flexibility index (Phi) is 4.40. The Hall–Kier alpha value is -1.16. The van der Waals surface area contributed by atoms with Crippen molar-refractivity contribution in [3.05, 3.63) is 29.3 Å². The van der Waals surface area contributed by atoms with Crippen LogP contribution >= 0.6 is 0 Å². The molecule has 1 saturated carbocycles. The van der Waals surface area contributed by atoms with Crippen LogP contribution in [-0.2, 0) is 6.54 Å². The first kappa shape index (κ1) is 14.3. The van der Waals surface area contributed by atoms with Gasteiger partial charge in [0.15, 0.2) is 0 Å². The zero-order valence-corrected chi connectivity index (χ0v) is 11.8. The van der Waals surface area contributed by atoms with Crippen LogP contribution in [0.2, 0.25) is 0 Å². The number of rotatable bonds is 6. The number of hydrogen-bond acceptors (Lipinski definition) is 2. The first-order chi connectivity index (χ1) is 9.04. The van der Waals surface area contributed by atoms with Crippen LogP contribution in [0.3, 0.4) is 0 Å². The second-order valence-corrected chi connectivity index (χ2v) is 5.38. The van der Waals surface area contributed by atoms with Gasteiger partial charge >= 0.3 is 0 Å². The number of benzene rings is 1. The highest BCUT2D eigenvalue weighted by Gasteiger charge is 2.32. The van der Waals surface area contributed by atoms with Crippen LogP contribution in [0.4, 0.5) is 14.5 Å². The van der Waals surface area contributed by atoms with E-state index in [2.05, 4.69) is 5.32 Å². The van der Waals surface area contributed by atoms with E-state index in [4.69, 9.17) is 0 Å². The van der Waals surface area contributed by atoms with E-state index in [0.29, 0.717) is 18.0 Å². The molecular weight excluding hydrogens is 246 g/mol. The van der Waals surface area contributed by atoms with Crippen molar-refractivity contribution < 1.29 is 8.78 Å². The molecule has 1 aromatic rings. The van der Waals surface area contributed by atoms with Gasteiger partial charge in [-0.05, 0) is 49.9 Å². The molecule has 0 aromatic heterocycles. The summed E-state index contributed by atoms with van der Waals surface area (Å²) in [5.41, 5.74) is 0.743. The number of hydrogen-bond donors (Lipinski definition) is 1. The minimum Gasteiger partial charge on any atom is -0.367 e. The average Bonchev–Trinajstić information content (AvgIpc) is 3.18. The van der Waals surface area contributed by atoms with Crippen LogP contribution in [0.25, 0.3) is 0 Å². The Bertz CT molecular complexity index is 421. The minimum atomic E-state index is -0.470. The van der Waals surface area contributed by atoms with Gasteiger partial charge < -0.3 is 10.2 Å². The molecule has 0 heterocycles. The predicted molar refractivity (Wildman–Crippen MR) is 74.3 cm³/mol. The largest absolute Gasteiger partial charge is 0.367 e. The molecule has 2 rings (SSSR count). The van der Waals surface area contributed by atoms with Gasteiger partial charge in [0.2, 0.25) is 0 Å². The fourth-order valence-corrected chi connectivity index (χ4v) is 2.42. The van der Waals surface area contributed by atoms with E-state index in [1.807, 2.05) is 13.8 Å². The smallest absolute Gasteiger partial charge is 0.149 e. The highest BCUT2D eigenvalue weighted by atomic mass is 19.1. The number of anilines is 1. The van der Waals surface area contributed by atoms with E-state index in [1.165, 1.54) is 12.1 Å². The molecule has 106 valence electrons. The average molecular weight is 268 g/mol. The fourth-order valence-electron chi connectivity index (χ4n) is 2.42. The van der Waals surface area contributed by atoms with Gasteiger partial charge in [-0.15, -0.1) is 0 Å². The summed E-state index contributed by atoms with van der Waals surface area (Å²) in [5.74, 6) is -0.365. The van der Waals surface area contributed by atoms with E-state index in [0.717, 1.165) is 19.4 Å². The SMILES string of the molecule is CCNCc1cc(F)c(N(C)C(C)C2CC2)c(F)c1. The maximum absolute atomic E-state index is 14.1. The molecule has 2 nitrogen and oxygen atoms in total. The molecule has 0 amide bonds. The minimum absolute atomic E-state index is 0.0969. The molecule has 1 aliphatic rings. The molecule has 0 saturated heterocycles. The van der Waals surface area contributed by atoms with Crippen molar-refractivity contribution >= 4 is 5.69 Å². The topological polar surface area (TPSA) is 15.3 Å². The lowest BCUT2D eigenvalue weighted by molar-refractivity contribution is 0.539. The Balaban J connectivity index is 2.20. The molecule has 4 heteroatoms. The Morgan fingerprint density at radius 1 is 1.32 bits per heavy atom. The van der Waals surface area contributed by atoms with Gasteiger partial charge in [-0.1, -0.05) is 6.92 Å². The van der Waals surface area contributed by atoms with Gasteiger partial charge in [-0.25, -0.2) is 8.78 Å². The quantitative estimate of drug-likeness (QED) is 0.851. The van der Waals surface area contributed by atoms with Crippen molar-refractivity contribution in [2.75, 3.05) is 18.5 Å². The van der Waals surface area contributed by atoms with Gasteiger partial charge in [-0.3, -0.25) is 0 Å². The number of halogens is 2. The van der Waals surface area contributed by atoms with Gasteiger partial charge in [0.1, 0.15) is 17.3 Å². The van der Waals surface area contributed by atoms with Crippen molar-refractivity contribution in [1.82, 2.24) is 5.32 Å². The van der Waals surface area contributed by atoms with E-state index in [9.17, 15) is 8.78 Å². The molecule has 0 spiro atoms. The van der Waals surface area contributed by atoms with Crippen LogP contribution in [-0.4, -0.2) is 19.6 Å². The van der Waals surface area contributed by atoms with Crippen molar-refractivity contribution in [2.24, 2.45) is 5.92 Å². The van der Waals surface area contributed by atoms with Gasteiger partial charge in [-0.2, -0.15) is 0 Å². The summed E-state index contributed by atoms with van der Waals surface area (Å²) in [6.45, 7) is 5.27. The lowest BCUT2D eigenvalue weighted by Crippen LogP contribution is -2.32. The molecule has 1 N–H and O–H groups in total. The zero-order chi connectivity index (χ0) is 14.0. The third-order valence-electron chi connectivity index (χ3n) is 3.92. The molecule has 1 atom stereocenters. The monoisotopic (exact) mass is 268 g/mol. The van der Waals surface area contributed by atoms with E-state index in [1.54, 1.807) is 11.9 Å². The molecule has 0 radical (unpaired) electrons. The fraction of sp³-hybridized carbons (Fsp3) is 0.600. The normalized spacial score (nSPS) is 16.5. The van der Waals surface area contributed by atoms with Crippen LogP contribution in [0.5, 0.6) is 0 Å². The summed E-state index contributed by atoms with van der Waals surface area (Å²) in [5, 5.41) is 3.07. The molecule has 1 unspecified atom stereocenters. The Morgan fingerprint density at radius 3 is 2.37 bits per heavy atom. The first-order valence-corrected chi connectivity index (χ1v) is 6.96. The van der Waals surface area contributed by atoms with Gasteiger partial charge in [0.25, 0.3) is 0 Å². The van der Waals surface area contributed by atoms with Crippen LogP contribution in [0.1, 0.15) is 32.3 Å². The molecule has 19 heavy (non-hydrogen) atoms. The molecular formula is C15H22F2N2. The van der Waals surface area contributed by atoms with Gasteiger partial charge in [0.05, 0.1) is 0 Å². The summed E-state index contributed by atoms with van der Waals surface area (Å²) in [4.78, 5) is 1.74. The summed E-state index contributed by atoms with van der Waals surface area (Å²) < 4.78 is 28.2. The lowest BCUT2D eigenvalue weighted by atomic mass is 10.1. The van der Waals surface area contributed by atoms with E-state index in [-0.39, 0.29) is 11.7 Å². The highest BCUT2D eigenvalue weighted by Crippen LogP contribution is 2.37. The molecule has 1 aromatic carbocycles. The Labute approximate surface area is 113 Å². The molecule has 1 aliphatic carbocycles. The maximum Gasteiger partial charge on any atom is 0.149 e. The number of nitrogens with one attached hydrogen (secondary N) is 1. The third-order valence-corrected chi connectivity index (χ3v) is 3.92. The summed E-state index contributed by atoms with van der Waals surface area (Å²) in [6, 6.07) is 3.04. The van der Waals surface area contributed by atoms with Crippen molar-refractivity contribution in [3.8, 4) is 0 Å². The molecule has 0 bridgehead atoms. The molecule has 1 fully saturated rings. The van der Waals surface area contributed by atoms with E-state index >= 15 is 0 Å². The summed E-state index contributed by atoms with van der Waals surface area (Å²) in [6.07, 6.45) is 2.32. The van der Waals surface area contributed by atoms with E-state index < -0.39 is 11.6 Å². The Morgan fingerprint density at radius 2 is 1.89 bits per heavy atom. The lowest BCUT2D eigenvalue weighted by Gasteiger charge is -2.28. The zero-order valence-electron chi connectivity index (χ0n) is 11.8. The van der Waals surface area contributed by atoms with Crippen LogP contribution in [0.15, 0.2) is 12.1 Å².